The SMILES string of the molecule is CCC1OCCC1C(=O)Nc1cc(CN)ccc1C. The highest BCUT2D eigenvalue weighted by Crippen LogP contribution is 2.26. The molecular weight excluding hydrogens is 240 g/mol. The van der Waals surface area contributed by atoms with Crippen LogP contribution in [0.15, 0.2) is 18.2 Å². The molecule has 0 saturated carbocycles. The summed E-state index contributed by atoms with van der Waals surface area (Å²) >= 11 is 0. The van der Waals surface area contributed by atoms with Crippen molar-refractivity contribution in [2.75, 3.05) is 11.9 Å². The van der Waals surface area contributed by atoms with Gasteiger partial charge in [-0.2, -0.15) is 0 Å². The molecule has 4 heteroatoms. The molecule has 2 unspecified atom stereocenters. The molecule has 0 aliphatic carbocycles. The van der Waals surface area contributed by atoms with Crippen molar-refractivity contribution in [3.05, 3.63) is 29.3 Å². The fourth-order valence-corrected chi connectivity index (χ4v) is 2.51. The molecule has 2 rings (SSSR count). The average molecular weight is 262 g/mol. The number of hydrogen-bond acceptors (Lipinski definition) is 3. The predicted molar refractivity (Wildman–Crippen MR) is 75.8 cm³/mol. The number of nitrogens with one attached hydrogen (secondary N) is 1. The van der Waals surface area contributed by atoms with Crippen LogP contribution in [0.3, 0.4) is 0 Å². The maximum Gasteiger partial charge on any atom is 0.230 e. The van der Waals surface area contributed by atoms with Gasteiger partial charge in [-0.25, -0.2) is 0 Å². The van der Waals surface area contributed by atoms with E-state index in [0.717, 1.165) is 29.7 Å². The molecule has 1 aliphatic rings. The van der Waals surface area contributed by atoms with Crippen LogP contribution in [0.25, 0.3) is 0 Å². The maximum absolute atomic E-state index is 12.3. The Bertz CT molecular complexity index is 459. The number of benzene rings is 1. The van der Waals surface area contributed by atoms with E-state index in [1.54, 1.807) is 0 Å². The van der Waals surface area contributed by atoms with Crippen molar-refractivity contribution in [3.63, 3.8) is 0 Å². The average Bonchev–Trinajstić information content (AvgIpc) is 2.89. The van der Waals surface area contributed by atoms with Gasteiger partial charge in [-0.3, -0.25) is 4.79 Å². The lowest BCUT2D eigenvalue weighted by molar-refractivity contribution is -0.121. The van der Waals surface area contributed by atoms with E-state index in [2.05, 4.69) is 12.2 Å². The molecule has 1 saturated heterocycles. The molecule has 0 spiro atoms. The van der Waals surface area contributed by atoms with E-state index >= 15 is 0 Å². The summed E-state index contributed by atoms with van der Waals surface area (Å²) in [6, 6.07) is 5.92. The number of aryl methyl sites for hydroxylation is 1. The standard InChI is InChI=1S/C15H22N2O2/c1-3-14-12(6-7-19-14)15(18)17-13-8-11(9-16)5-4-10(13)2/h4-5,8,12,14H,3,6-7,9,16H2,1-2H3,(H,17,18). The molecule has 104 valence electrons. The van der Waals surface area contributed by atoms with Gasteiger partial charge in [0.25, 0.3) is 0 Å². The summed E-state index contributed by atoms with van der Waals surface area (Å²) in [6.45, 7) is 5.20. The number of hydrogen-bond donors (Lipinski definition) is 2. The number of carbonyl (C=O) groups is 1. The first-order chi connectivity index (χ1) is 9.15. The summed E-state index contributed by atoms with van der Waals surface area (Å²) < 4.78 is 5.57. The van der Waals surface area contributed by atoms with Crippen LogP contribution in [0.4, 0.5) is 5.69 Å². The lowest BCUT2D eigenvalue weighted by Crippen LogP contribution is -2.29. The molecule has 2 atom stereocenters. The predicted octanol–water partition coefficient (Wildman–Crippen LogP) is 2.21. The third-order valence-electron chi connectivity index (χ3n) is 3.74. The summed E-state index contributed by atoms with van der Waals surface area (Å²) in [4.78, 5) is 12.3. The molecule has 4 nitrogen and oxygen atoms in total. The van der Waals surface area contributed by atoms with Crippen molar-refractivity contribution >= 4 is 11.6 Å². The molecule has 1 heterocycles. The third kappa shape index (κ3) is 3.14. The van der Waals surface area contributed by atoms with Crippen molar-refractivity contribution < 1.29 is 9.53 Å². The second-order valence-corrected chi connectivity index (χ2v) is 5.06. The first-order valence-corrected chi connectivity index (χ1v) is 6.87. The lowest BCUT2D eigenvalue weighted by Gasteiger charge is -2.17. The maximum atomic E-state index is 12.3. The second-order valence-electron chi connectivity index (χ2n) is 5.06. The Morgan fingerprint density at radius 1 is 1.53 bits per heavy atom. The zero-order valence-electron chi connectivity index (χ0n) is 11.6. The number of rotatable bonds is 4. The highest BCUT2D eigenvalue weighted by Gasteiger charge is 2.32. The van der Waals surface area contributed by atoms with Crippen molar-refractivity contribution in [2.24, 2.45) is 11.7 Å². The Balaban J connectivity index is 2.10. The van der Waals surface area contributed by atoms with Crippen LogP contribution in [-0.2, 0) is 16.1 Å². The van der Waals surface area contributed by atoms with E-state index in [-0.39, 0.29) is 17.9 Å². The minimum absolute atomic E-state index is 0.0362. The number of ether oxygens (including phenoxy) is 1. The summed E-state index contributed by atoms with van der Waals surface area (Å²) in [6.07, 6.45) is 1.73. The van der Waals surface area contributed by atoms with Gasteiger partial charge in [-0.1, -0.05) is 19.1 Å². The molecule has 1 fully saturated rings. The summed E-state index contributed by atoms with van der Waals surface area (Å²) in [5.41, 5.74) is 8.57. The molecule has 1 aromatic rings. The van der Waals surface area contributed by atoms with E-state index in [1.165, 1.54) is 0 Å². The van der Waals surface area contributed by atoms with Gasteiger partial charge in [-0.15, -0.1) is 0 Å². The van der Waals surface area contributed by atoms with Gasteiger partial charge in [0.2, 0.25) is 5.91 Å². The number of amides is 1. The highest BCUT2D eigenvalue weighted by molar-refractivity contribution is 5.93. The van der Waals surface area contributed by atoms with Gasteiger partial charge in [-0.05, 0) is 37.0 Å². The van der Waals surface area contributed by atoms with Gasteiger partial charge in [0, 0.05) is 18.8 Å². The van der Waals surface area contributed by atoms with Gasteiger partial charge in [0.15, 0.2) is 0 Å². The number of nitrogens with two attached hydrogens (primary N) is 1. The van der Waals surface area contributed by atoms with Crippen LogP contribution < -0.4 is 11.1 Å². The van der Waals surface area contributed by atoms with Crippen LogP contribution in [-0.4, -0.2) is 18.6 Å². The quantitative estimate of drug-likeness (QED) is 0.874. The van der Waals surface area contributed by atoms with Crippen molar-refractivity contribution in [2.45, 2.75) is 39.3 Å². The Morgan fingerprint density at radius 2 is 2.32 bits per heavy atom. The molecule has 1 aliphatic heterocycles. The Hall–Kier alpha value is -1.39. The summed E-state index contributed by atoms with van der Waals surface area (Å²) in [5.74, 6) is 0.0209. The Labute approximate surface area is 114 Å². The Kier molecular flexibility index (Phi) is 4.56. The second kappa shape index (κ2) is 6.17. The van der Waals surface area contributed by atoms with E-state index in [1.807, 2.05) is 25.1 Å². The van der Waals surface area contributed by atoms with Crippen LogP contribution in [0.2, 0.25) is 0 Å². The van der Waals surface area contributed by atoms with Crippen molar-refractivity contribution in [1.82, 2.24) is 0 Å². The molecular formula is C15H22N2O2. The lowest BCUT2D eigenvalue weighted by atomic mass is 9.98. The zero-order valence-corrected chi connectivity index (χ0v) is 11.6. The van der Waals surface area contributed by atoms with Crippen molar-refractivity contribution in [3.8, 4) is 0 Å². The molecule has 1 amide bonds. The molecule has 1 aromatic carbocycles. The molecule has 0 bridgehead atoms. The molecule has 19 heavy (non-hydrogen) atoms. The van der Waals surface area contributed by atoms with Gasteiger partial charge < -0.3 is 15.8 Å². The topological polar surface area (TPSA) is 64.3 Å². The first-order valence-electron chi connectivity index (χ1n) is 6.87. The minimum Gasteiger partial charge on any atom is -0.377 e. The van der Waals surface area contributed by atoms with Gasteiger partial charge >= 0.3 is 0 Å². The van der Waals surface area contributed by atoms with Crippen LogP contribution in [0, 0.1) is 12.8 Å². The van der Waals surface area contributed by atoms with E-state index < -0.39 is 0 Å². The Morgan fingerprint density at radius 3 is 3.00 bits per heavy atom. The third-order valence-corrected chi connectivity index (χ3v) is 3.74. The van der Waals surface area contributed by atoms with Crippen molar-refractivity contribution in [1.29, 1.82) is 0 Å². The summed E-state index contributed by atoms with van der Waals surface area (Å²) in [7, 11) is 0. The van der Waals surface area contributed by atoms with Gasteiger partial charge in [0.05, 0.1) is 12.0 Å². The van der Waals surface area contributed by atoms with E-state index in [9.17, 15) is 4.79 Å². The minimum atomic E-state index is -0.0362. The number of carbonyl (C=O) groups excluding carboxylic acids is 1. The summed E-state index contributed by atoms with van der Waals surface area (Å²) in [5, 5.41) is 3.02. The van der Waals surface area contributed by atoms with E-state index in [4.69, 9.17) is 10.5 Å². The fraction of sp³-hybridized carbons (Fsp3) is 0.533. The van der Waals surface area contributed by atoms with Crippen LogP contribution >= 0.6 is 0 Å². The smallest absolute Gasteiger partial charge is 0.230 e. The molecule has 3 N–H and O–H groups in total. The number of anilines is 1. The monoisotopic (exact) mass is 262 g/mol. The van der Waals surface area contributed by atoms with Crippen LogP contribution in [0.1, 0.15) is 30.9 Å². The van der Waals surface area contributed by atoms with E-state index in [0.29, 0.717) is 13.2 Å². The first kappa shape index (κ1) is 14.0. The molecule has 0 radical (unpaired) electrons. The fourth-order valence-electron chi connectivity index (χ4n) is 2.51. The molecule has 0 aromatic heterocycles. The normalized spacial score (nSPS) is 22.5. The van der Waals surface area contributed by atoms with Crippen LogP contribution in [0.5, 0.6) is 0 Å². The zero-order chi connectivity index (χ0) is 13.8. The van der Waals surface area contributed by atoms with Gasteiger partial charge in [0.1, 0.15) is 0 Å². The largest absolute Gasteiger partial charge is 0.377 e. The highest BCUT2D eigenvalue weighted by atomic mass is 16.5.